The molecule has 2 aromatic rings. The molecule has 0 unspecified atom stereocenters. The topological polar surface area (TPSA) is 110 Å². The van der Waals surface area contributed by atoms with Crippen molar-refractivity contribution in [2.24, 2.45) is 5.92 Å². The van der Waals surface area contributed by atoms with Gasteiger partial charge in [-0.3, -0.25) is 4.79 Å². The predicted molar refractivity (Wildman–Crippen MR) is 93.4 cm³/mol. The Kier molecular flexibility index (Phi) is 5.72. The summed E-state index contributed by atoms with van der Waals surface area (Å²) in [5, 5.41) is 20.1. The number of nitrogens with zero attached hydrogens (tertiary/aromatic N) is 4. The molecule has 1 atom stereocenters. The summed E-state index contributed by atoms with van der Waals surface area (Å²) < 4.78 is 5.01. The molecule has 2 rings (SSSR count). The Morgan fingerprint density at radius 3 is 2.54 bits per heavy atom. The Morgan fingerprint density at radius 1 is 1.31 bits per heavy atom. The number of hydrogen-bond acceptors (Lipinski definition) is 6. The molecule has 1 aromatic carbocycles. The second kappa shape index (κ2) is 7.78. The van der Waals surface area contributed by atoms with Crippen LogP contribution in [0, 0.1) is 24.2 Å². The minimum Gasteiger partial charge on any atom is -0.451 e. The lowest BCUT2D eigenvalue weighted by atomic mass is 9.90. The van der Waals surface area contributed by atoms with E-state index < -0.39 is 24.0 Å². The Bertz CT molecular complexity index is 838. The highest BCUT2D eigenvalue weighted by Gasteiger charge is 2.30. The van der Waals surface area contributed by atoms with Crippen LogP contribution in [-0.4, -0.2) is 39.0 Å². The van der Waals surface area contributed by atoms with E-state index in [1.54, 1.807) is 26.0 Å². The molecule has 8 heteroatoms. The fourth-order valence-corrected chi connectivity index (χ4v) is 2.07. The van der Waals surface area contributed by atoms with Gasteiger partial charge in [0.2, 0.25) is 0 Å². The number of benzene rings is 1. The average Bonchev–Trinajstić information content (AvgIpc) is 3.02. The molecule has 1 amide bonds. The van der Waals surface area contributed by atoms with Crippen LogP contribution in [0.25, 0.3) is 5.69 Å². The molecule has 136 valence electrons. The SMILES string of the molecule is Cc1nn(-c2ccccc2)nc1C(=O)OCC(=O)N[C@](C)(C#N)C(C)C. The minimum absolute atomic E-state index is 0.0357. The molecule has 26 heavy (non-hydrogen) atoms. The molecule has 0 saturated heterocycles. The van der Waals surface area contributed by atoms with Gasteiger partial charge in [0, 0.05) is 0 Å². The van der Waals surface area contributed by atoms with Crippen molar-refractivity contribution in [2.45, 2.75) is 33.2 Å². The van der Waals surface area contributed by atoms with Crippen molar-refractivity contribution in [1.29, 1.82) is 5.26 Å². The van der Waals surface area contributed by atoms with E-state index in [2.05, 4.69) is 21.6 Å². The van der Waals surface area contributed by atoms with Gasteiger partial charge in [-0.1, -0.05) is 32.0 Å². The lowest BCUT2D eigenvalue weighted by molar-refractivity contribution is -0.125. The van der Waals surface area contributed by atoms with Crippen molar-refractivity contribution >= 4 is 11.9 Å². The third kappa shape index (κ3) is 4.25. The van der Waals surface area contributed by atoms with E-state index in [1.807, 2.05) is 32.0 Å². The number of carbonyl (C=O) groups is 2. The number of aryl methyl sites for hydroxylation is 1. The smallest absolute Gasteiger partial charge is 0.361 e. The second-order valence-electron chi connectivity index (χ2n) is 6.35. The van der Waals surface area contributed by atoms with Crippen molar-refractivity contribution in [2.75, 3.05) is 6.61 Å². The lowest BCUT2D eigenvalue weighted by Crippen LogP contribution is -2.50. The fourth-order valence-electron chi connectivity index (χ4n) is 2.07. The molecular formula is C18H21N5O3. The van der Waals surface area contributed by atoms with Gasteiger partial charge in [0.1, 0.15) is 5.54 Å². The van der Waals surface area contributed by atoms with Crippen molar-refractivity contribution in [1.82, 2.24) is 20.3 Å². The summed E-state index contributed by atoms with van der Waals surface area (Å²) in [5.74, 6) is -1.40. The summed E-state index contributed by atoms with van der Waals surface area (Å²) in [7, 11) is 0. The minimum atomic E-state index is -1.03. The highest BCUT2D eigenvalue weighted by molar-refractivity contribution is 5.90. The van der Waals surface area contributed by atoms with Crippen LogP contribution in [-0.2, 0) is 9.53 Å². The first kappa shape index (κ1) is 19.1. The van der Waals surface area contributed by atoms with E-state index in [9.17, 15) is 14.9 Å². The van der Waals surface area contributed by atoms with E-state index in [0.29, 0.717) is 11.4 Å². The summed E-state index contributed by atoms with van der Waals surface area (Å²) in [4.78, 5) is 25.5. The molecule has 1 aromatic heterocycles. The van der Waals surface area contributed by atoms with Gasteiger partial charge in [-0.25, -0.2) is 4.79 Å². The van der Waals surface area contributed by atoms with Gasteiger partial charge in [0.05, 0.1) is 17.5 Å². The summed E-state index contributed by atoms with van der Waals surface area (Å²) in [6.45, 7) is 6.39. The molecule has 0 aliphatic heterocycles. The largest absolute Gasteiger partial charge is 0.451 e. The molecule has 8 nitrogen and oxygen atoms in total. The zero-order valence-corrected chi connectivity index (χ0v) is 15.2. The number of hydrogen-bond donors (Lipinski definition) is 1. The first-order chi connectivity index (χ1) is 12.3. The van der Waals surface area contributed by atoms with Gasteiger partial charge in [0.25, 0.3) is 5.91 Å². The summed E-state index contributed by atoms with van der Waals surface area (Å²) >= 11 is 0. The molecule has 0 spiro atoms. The van der Waals surface area contributed by atoms with Gasteiger partial charge < -0.3 is 10.1 Å². The van der Waals surface area contributed by atoms with E-state index in [4.69, 9.17) is 4.74 Å². The van der Waals surface area contributed by atoms with Crippen LogP contribution in [0.15, 0.2) is 30.3 Å². The first-order valence-corrected chi connectivity index (χ1v) is 8.15. The number of nitrogens with one attached hydrogen (secondary N) is 1. The number of amides is 1. The monoisotopic (exact) mass is 355 g/mol. The molecule has 0 aliphatic carbocycles. The average molecular weight is 355 g/mol. The zero-order chi connectivity index (χ0) is 19.3. The number of ether oxygens (including phenoxy) is 1. The maximum atomic E-state index is 12.2. The maximum Gasteiger partial charge on any atom is 0.361 e. The number of nitriles is 1. The van der Waals surface area contributed by atoms with E-state index >= 15 is 0 Å². The number of carbonyl (C=O) groups excluding carboxylic acids is 2. The molecule has 0 aliphatic rings. The number of para-hydroxylation sites is 1. The van der Waals surface area contributed by atoms with Crippen LogP contribution in [0.2, 0.25) is 0 Å². The Balaban J connectivity index is 2.02. The first-order valence-electron chi connectivity index (χ1n) is 8.15. The Hall–Kier alpha value is -3.21. The van der Waals surface area contributed by atoms with Crippen molar-refractivity contribution in [3.05, 3.63) is 41.7 Å². The maximum absolute atomic E-state index is 12.2. The van der Waals surface area contributed by atoms with Crippen molar-refractivity contribution in [3.8, 4) is 11.8 Å². The molecule has 0 fully saturated rings. The molecule has 0 saturated carbocycles. The van der Waals surface area contributed by atoms with Gasteiger partial charge in [-0.2, -0.15) is 15.2 Å². The number of aromatic nitrogens is 3. The van der Waals surface area contributed by atoms with Crippen LogP contribution in [0.5, 0.6) is 0 Å². The fraction of sp³-hybridized carbons (Fsp3) is 0.389. The van der Waals surface area contributed by atoms with E-state index in [1.165, 1.54) is 4.80 Å². The summed E-state index contributed by atoms with van der Waals surface area (Å²) in [6.07, 6.45) is 0. The van der Waals surface area contributed by atoms with Gasteiger partial charge in [0.15, 0.2) is 12.3 Å². The number of esters is 1. The third-order valence-corrected chi connectivity index (χ3v) is 4.08. The van der Waals surface area contributed by atoms with Gasteiger partial charge in [-0.15, -0.1) is 5.10 Å². The van der Waals surface area contributed by atoms with Crippen LogP contribution in [0.1, 0.15) is 37.0 Å². The lowest BCUT2D eigenvalue weighted by Gasteiger charge is -2.27. The number of rotatable bonds is 6. The van der Waals surface area contributed by atoms with Crippen LogP contribution in [0.3, 0.4) is 0 Å². The Morgan fingerprint density at radius 2 is 1.96 bits per heavy atom. The predicted octanol–water partition coefficient (Wildman–Crippen LogP) is 1.79. The van der Waals surface area contributed by atoms with Crippen LogP contribution in [0.4, 0.5) is 0 Å². The zero-order valence-electron chi connectivity index (χ0n) is 15.2. The quantitative estimate of drug-likeness (QED) is 0.791. The van der Waals surface area contributed by atoms with Crippen molar-refractivity contribution in [3.63, 3.8) is 0 Å². The van der Waals surface area contributed by atoms with Crippen molar-refractivity contribution < 1.29 is 14.3 Å². The highest BCUT2D eigenvalue weighted by atomic mass is 16.5. The highest BCUT2D eigenvalue weighted by Crippen LogP contribution is 2.15. The molecule has 0 radical (unpaired) electrons. The molecule has 1 heterocycles. The van der Waals surface area contributed by atoms with E-state index in [0.717, 1.165) is 0 Å². The molecule has 0 bridgehead atoms. The summed E-state index contributed by atoms with van der Waals surface area (Å²) in [6, 6.07) is 11.2. The van der Waals surface area contributed by atoms with Crippen LogP contribution >= 0.6 is 0 Å². The van der Waals surface area contributed by atoms with Crippen LogP contribution < -0.4 is 5.32 Å². The van der Waals surface area contributed by atoms with Gasteiger partial charge >= 0.3 is 5.97 Å². The standard InChI is InChI=1S/C18H21N5O3/c1-12(2)18(4,11-19)20-15(24)10-26-17(25)16-13(3)21-23(22-16)14-8-6-5-7-9-14/h5-9,12H,10H2,1-4H3,(H,20,24)/t18-/m1/s1. The summed E-state index contributed by atoms with van der Waals surface area (Å²) in [5.41, 5.74) is 0.0986. The normalized spacial score (nSPS) is 12.9. The third-order valence-electron chi connectivity index (χ3n) is 4.08. The molecule has 1 N–H and O–H groups in total. The van der Waals surface area contributed by atoms with Gasteiger partial charge in [-0.05, 0) is 31.9 Å². The van der Waals surface area contributed by atoms with E-state index in [-0.39, 0.29) is 11.6 Å². The second-order valence-corrected chi connectivity index (χ2v) is 6.35. The Labute approximate surface area is 151 Å². The molecular weight excluding hydrogens is 334 g/mol.